The van der Waals surface area contributed by atoms with Crippen LogP contribution in [0.5, 0.6) is 5.75 Å². The lowest BCUT2D eigenvalue weighted by Gasteiger charge is -2.20. The highest BCUT2D eigenvalue weighted by Crippen LogP contribution is 2.19. The quantitative estimate of drug-likeness (QED) is 0.828. The van der Waals surface area contributed by atoms with Crippen LogP contribution in [0.4, 0.5) is 18.9 Å². The standard InChI is InChI=1S/C18H19F3N2O2/c1-3-23(10-12-4-7-17(25-2)16(21)8-12)11-18(24)22-13-5-6-14(19)15(20)9-13/h4-9H,3,10-11H2,1-2H3,(H,22,24). The van der Waals surface area contributed by atoms with Gasteiger partial charge in [0.15, 0.2) is 23.2 Å². The molecule has 0 fully saturated rings. The predicted molar refractivity (Wildman–Crippen MR) is 88.9 cm³/mol. The molecule has 134 valence electrons. The van der Waals surface area contributed by atoms with Gasteiger partial charge < -0.3 is 10.1 Å². The minimum absolute atomic E-state index is 0.0309. The Bertz CT molecular complexity index is 753. The van der Waals surface area contributed by atoms with Gasteiger partial charge in [-0.15, -0.1) is 0 Å². The van der Waals surface area contributed by atoms with E-state index >= 15 is 0 Å². The number of benzene rings is 2. The molecular formula is C18H19F3N2O2. The van der Waals surface area contributed by atoms with E-state index in [0.717, 1.165) is 12.1 Å². The number of nitrogens with one attached hydrogen (secondary N) is 1. The average Bonchev–Trinajstić information content (AvgIpc) is 2.57. The molecule has 0 radical (unpaired) electrons. The first-order valence-corrected chi connectivity index (χ1v) is 7.72. The molecule has 25 heavy (non-hydrogen) atoms. The second kappa shape index (κ2) is 8.53. The van der Waals surface area contributed by atoms with Crippen molar-refractivity contribution in [3.63, 3.8) is 0 Å². The third-order valence-electron chi connectivity index (χ3n) is 3.64. The number of hydrogen-bond acceptors (Lipinski definition) is 3. The van der Waals surface area contributed by atoms with Gasteiger partial charge in [0.05, 0.1) is 13.7 Å². The maximum Gasteiger partial charge on any atom is 0.238 e. The Morgan fingerprint density at radius 3 is 2.44 bits per heavy atom. The van der Waals surface area contributed by atoms with Gasteiger partial charge in [-0.25, -0.2) is 13.2 Å². The summed E-state index contributed by atoms with van der Waals surface area (Å²) >= 11 is 0. The van der Waals surface area contributed by atoms with E-state index in [0.29, 0.717) is 18.7 Å². The van der Waals surface area contributed by atoms with E-state index in [1.54, 1.807) is 11.0 Å². The third-order valence-corrected chi connectivity index (χ3v) is 3.64. The topological polar surface area (TPSA) is 41.6 Å². The summed E-state index contributed by atoms with van der Waals surface area (Å²) in [7, 11) is 1.39. The Morgan fingerprint density at radius 1 is 1.08 bits per heavy atom. The summed E-state index contributed by atoms with van der Waals surface area (Å²) in [5, 5.41) is 2.51. The fourth-order valence-electron chi connectivity index (χ4n) is 2.32. The number of hydrogen-bond donors (Lipinski definition) is 1. The minimum atomic E-state index is -1.03. The number of ether oxygens (including phenoxy) is 1. The zero-order valence-electron chi connectivity index (χ0n) is 14.0. The van der Waals surface area contributed by atoms with Crippen molar-refractivity contribution in [1.82, 2.24) is 4.90 Å². The summed E-state index contributed by atoms with van der Waals surface area (Å²) in [5.74, 6) is -2.69. The van der Waals surface area contributed by atoms with Crippen LogP contribution >= 0.6 is 0 Å². The van der Waals surface area contributed by atoms with E-state index in [2.05, 4.69) is 5.32 Å². The Morgan fingerprint density at radius 2 is 1.84 bits per heavy atom. The Hall–Kier alpha value is -2.54. The van der Waals surface area contributed by atoms with Gasteiger partial charge in [-0.2, -0.15) is 0 Å². The Labute approximate surface area is 144 Å². The molecule has 2 aromatic rings. The summed E-state index contributed by atoms with van der Waals surface area (Å²) in [6, 6.07) is 7.75. The van der Waals surface area contributed by atoms with E-state index in [9.17, 15) is 18.0 Å². The Balaban J connectivity index is 1.97. The molecule has 0 aliphatic rings. The first-order valence-electron chi connectivity index (χ1n) is 7.72. The maximum atomic E-state index is 13.7. The first-order chi connectivity index (χ1) is 11.9. The molecule has 2 aromatic carbocycles. The van der Waals surface area contributed by atoms with Gasteiger partial charge in [-0.1, -0.05) is 13.0 Å². The zero-order chi connectivity index (χ0) is 18.4. The van der Waals surface area contributed by atoms with Crippen LogP contribution < -0.4 is 10.1 Å². The van der Waals surface area contributed by atoms with E-state index in [4.69, 9.17) is 4.74 Å². The van der Waals surface area contributed by atoms with Crippen LogP contribution in [-0.4, -0.2) is 31.0 Å². The van der Waals surface area contributed by atoms with Gasteiger partial charge in [-0.3, -0.25) is 9.69 Å². The lowest BCUT2D eigenvalue weighted by atomic mass is 10.2. The molecule has 0 saturated carbocycles. The minimum Gasteiger partial charge on any atom is -0.494 e. The van der Waals surface area contributed by atoms with Gasteiger partial charge in [0, 0.05) is 18.3 Å². The van der Waals surface area contributed by atoms with Gasteiger partial charge in [0.2, 0.25) is 5.91 Å². The normalized spacial score (nSPS) is 10.8. The second-order valence-electron chi connectivity index (χ2n) is 5.45. The van der Waals surface area contributed by atoms with Crippen LogP contribution in [-0.2, 0) is 11.3 Å². The van der Waals surface area contributed by atoms with Crippen molar-refractivity contribution in [3.8, 4) is 5.75 Å². The summed E-state index contributed by atoms with van der Waals surface area (Å²) in [5.41, 5.74) is 0.872. The molecule has 1 amide bonds. The van der Waals surface area contributed by atoms with Gasteiger partial charge >= 0.3 is 0 Å². The second-order valence-corrected chi connectivity index (χ2v) is 5.45. The average molecular weight is 352 g/mol. The van der Waals surface area contributed by atoms with Gasteiger partial charge in [0.25, 0.3) is 0 Å². The number of halogens is 3. The van der Waals surface area contributed by atoms with Crippen molar-refractivity contribution < 1.29 is 22.7 Å². The SMILES string of the molecule is CCN(CC(=O)Nc1ccc(F)c(F)c1)Cc1ccc(OC)c(F)c1. The van der Waals surface area contributed by atoms with E-state index in [-0.39, 0.29) is 23.9 Å². The van der Waals surface area contributed by atoms with Crippen LogP contribution in [0.3, 0.4) is 0 Å². The molecule has 0 atom stereocenters. The van der Waals surface area contributed by atoms with Crippen LogP contribution in [0.25, 0.3) is 0 Å². The number of rotatable bonds is 7. The van der Waals surface area contributed by atoms with Crippen molar-refractivity contribution in [1.29, 1.82) is 0 Å². The number of carbonyl (C=O) groups is 1. The van der Waals surface area contributed by atoms with Crippen molar-refractivity contribution in [2.75, 3.05) is 25.5 Å². The molecule has 0 aromatic heterocycles. The van der Waals surface area contributed by atoms with Crippen molar-refractivity contribution >= 4 is 11.6 Å². The fourth-order valence-corrected chi connectivity index (χ4v) is 2.32. The van der Waals surface area contributed by atoms with Gasteiger partial charge in [-0.05, 0) is 36.4 Å². The van der Waals surface area contributed by atoms with Crippen molar-refractivity contribution in [2.24, 2.45) is 0 Å². The molecule has 0 aliphatic heterocycles. The summed E-state index contributed by atoms with van der Waals surface area (Å²) in [6.45, 7) is 2.81. The van der Waals surface area contributed by atoms with E-state index < -0.39 is 17.5 Å². The third kappa shape index (κ3) is 5.22. The molecule has 1 N–H and O–H groups in total. The van der Waals surface area contributed by atoms with Crippen molar-refractivity contribution in [3.05, 3.63) is 59.4 Å². The monoisotopic (exact) mass is 352 g/mol. The molecule has 4 nitrogen and oxygen atoms in total. The maximum absolute atomic E-state index is 13.7. The number of methoxy groups -OCH3 is 1. The Kier molecular flexibility index (Phi) is 6.41. The molecule has 0 bridgehead atoms. The number of amides is 1. The molecule has 0 aliphatic carbocycles. The predicted octanol–water partition coefficient (Wildman–Crippen LogP) is 3.57. The molecular weight excluding hydrogens is 333 g/mol. The highest BCUT2D eigenvalue weighted by Gasteiger charge is 2.12. The van der Waals surface area contributed by atoms with Gasteiger partial charge in [0.1, 0.15) is 0 Å². The number of carbonyl (C=O) groups excluding carboxylic acids is 1. The molecule has 7 heteroatoms. The van der Waals surface area contributed by atoms with Crippen LogP contribution in [0.2, 0.25) is 0 Å². The molecule has 0 spiro atoms. The van der Waals surface area contributed by atoms with Crippen LogP contribution in [0.1, 0.15) is 12.5 Å². The van der Waals surface area contributed by atoms with Crippen molar-refractivity contribution in [2.45, 2.75) is 13.5 Å². The number of nitrogens with zero attached hydrogens (tertiary/aromatic N) is 1. The highest BCUT2D eigenvalue weighted by atomic mass is 19.2. The number of anilines is 1. The first kappa shape index (κ1) is 18.8. The van der Waals surface area contributed by atoms with Crippen LogP contribution in [0, 0.1) is 17.5 Å². The molecule has 0 saturated heterocycles. The molecule has 2 rings (SSSR count). The highest BCUT2D eigenvalue weighted by molar-refractivity contribution is 5.92. The molecule has 0 unspecified atom stereocenters. The summed E-state index contributed by atoms with van der Waals surface area (Å²) in [6.07, 6.45) is 0. The number of likely N-dealkylation sites (N-methyl/N-ethyl adjacent to an activating group) is 1. The summed E-state index contributed by atoms with van der Waals surface area (Å²) < 4.78 is 44.7. The lowest BCUT2D eigenvalue weighted by molar-refractivity contribution is -0.117. The fraction of sp³-hybridized carbons (Fsp3) is 0.278. The van der Waals surface area contributed by atoms with E-state index in [1.807, 2.05) is 6.92 Å². The smallest absolute Gasteiger partial charge is 0.238 e. The zero-order valence-corrected chi connectivity index (χ0v) is 14.0. The van der Waals surface area contributed by atoms with E-state index in [1.165, 1.54) is 25.3 Å². The summed E-state index contributed by atoms with van der Waals surface area (Å²) in [4.78, 5) is 13.9. The van der Waals surface area contributed by atoms with Crippen LogP contribution in [0.15, 0.2) is 36.4 Å². The lowest BCUT2D eigenvalue weighted by Crippen LogP contribution is -2.32. The molecule has 0 heterocycles. The largest absolute Gasteiger partial charge is 0.494 e.